The molecule has 0 aromatic heterocycles. The number of hydrogen-bond donors (Lipinski definition) is 2. The van der Waals surface area contributed by atoms with Gasteiger partial charge in [0.25, 0.3) is 0 Å². The van der Waals surface area contributed by atoms with Crippen molar-refractivity contribution in [3.63, 3.8) is 0 Å². The summed E-state index contributed by atoms with van der Waals surface area (Å²) in [6, 6.07) is 15.8. The predicted molar refractivity (Wildman–Crippen MR) is 86.8 cm³/mol. The molecule has 1 fully saturated rings. The number of carbonyl (C=O) groups excluding carboxylic acids is 2. The molecule has 0 radical (unpaired) electrons. The number of nitrogens with zero attached hydrogens (tertiary/aromatic N) is 1. The van der Waals surface area contributed by atoms with E-state index in [1.54, 1.807) is 30.1 Å². The van der Waals surface area contributed by atoms with Crippen LogP contribution >= 0.6 is 0 Å². The number of aromatic hydroxyl groups is 1. The minimum absolute atomic E-state index is 0.00906. The minimum atomic E-state index is -0.491. The van der Waals surface area contributed by atoms with E-state index in [1.807, 2.05) is 30.3 Å². The number of phenolic OH excluding ortho intramolecular Hbond substituents is 1. The number of hydrogen-bond acceptors (Lipinski definition) is 3. The average Bonchev–Trinajstić information content (AvgIpc) is 2.86. The van der Waals surface area contributed by atoms with E-state index in [0.29, 0.717) is 5.69 Å². The molecule has 2 aromatic rings. The molecule has 118 valence electrons. The fourth-order valence-electron chi connectivity index (χ4n) is 3.02. The van der Waals surface area contributed by atoms with Crippen LogP contribution in [0, 0.1) is 5.92 Å². The van der Waals surface area contributed by atoms with Crippen LogP contribution in [0.25, 0.3) is 0 Å². The number of anilines is 1. The monoisotopic (exact) mass is 310 g/mol. The van der Waals surface area contributed by atoms with Gasteiger partial charge in [-0.05, 0) is 17.7 Å². The summed E-state index contributed by atoms with van der Waals surface area (Å²) in [5, 5.41) is 12.5. The molecule has 0 unspecified atom stereocenters. The van der Waals surface area contributed by atoms with Gasteiger partial charge in [0.1, 0.15) is 5.75 Å². The number of likely N-dealkylation sites (tertiary alicyclic amines) is 1. The molecular weight excluding hydrogens is 292 g/mol. The Morgan fingerprint density at radius 2 is 1.78 bits per heavy atom. The summed E-state index contributed by atoms with van der Waals surface area (Å²) < 4.78 is 0. The molecule has 5 nitrogen and oxygen atoms in total. The lowest BCUT2D eigenvalue weighted by molar-refractivity contribution is -0.127. The molecule has 23 heavy (non-hydrogen) atoms. The van der Waals surface area contributed by atoms with Crippen LogP contribution in [-0.2, 0) is 9.59 Å². The second-order valence-electron chi connectivity index (χ2n) is 5.68. The molecule has 2 amide bonds. The Labute approximate surface area is 134 Å². The van der Waals surface area contributed by atoms with Crippen LogP contribution < -0.4 is 5.32 Å². The van der Waals surface area contributed by atoms with Crippen molar-refractivity contribution in [2.45, 2.75) is 12.5 Å². The zero-order chi connectivity index (χ0) is 16.4. The Hall–Kier alpha value is -2.82. The second kappa shape index (κ2) is 6.12. The van der Waals surface area contributed by atoms with Gasteiger partial charge in [-0.15, -0.1) is 0 Å². The molecule has 1 heterocycles. The first kappa shape index (κ1) is 15.1. The molecule has 1 aliphatic rings. The van der Waals surface area contributed by atoms with E-state index >= 15 is 0 Å². The van der Waals surface area contributed by atoms with E-state index in [2.05, 4.69) is 5.32 Å². The second-order valence-corrected chi connectivity index (χ2v) is 5.68. The zero-order valence-corrected chi connectivity index (χ0v) is 12.8. The van der Waals surface area contributed by atoms with E-state index in [4.69, 9.17) is 0 Å². The lowest BCUT2D eigenvalue weighted by Gasteiger charge is -2.25. The highest BCUT2D eigenvalue weighted by Gasteiger charge is 2.42. The minimum Gasteiger partial charge on any atom is -0.506 e. The van der Waals surface area contributed by atoms with Gasteiger partial charge in [0.2, 0.25) is 11.8 Å². The Bertz CT molecular complexity index is 730. The largest absolute Gasteiger partial charge is 0.506 e. The SMILES string of the molecule is CN1C(=O)C[C@H](C(=O)Nc2ccccc2O)[C@@H]1c1ccccc1. The summed E-state index contributed by atoms with van der Waals surface area (Å²) in [5.74, 6) is -0.807. The maximum atomic E-state index is 12.6. The fourth-order valence-corrected chi connectivity index (χ4v) is 3.02. The number of nitrogens with one attached hydrogen (secondary N) is 1. The van der Waals surface area contributed by atoms with Gasteiger partial charge in [0.15, 0.2) is 0 Å². The van der Waals surface area contributed by atoms with Gasteiger partial charge >= 0.3 is 0 Å². The lowest BCUT2D eigenvalue weighted by Crippen LogP contribution is -2.30. The van der Waals surface area contributed by atoms with Gasteiger partial charge < -0.3 is 15.3 Å². The summed E-state index contributed by atoms with van der Waals surface area (Å²) in [5.41, 5.74) is 1.28. The van der Waals surface area contributed by atoms with Crippen molar-refractivity contribution in [2.75, 3.05) is 12.4 Å². The Morgan fingerprint density at radius 3 is 2.48 bits per heavy atom. The molecule has 0 saturated carbocycles. The van der Waals surface area contributed by atoms with Crippen molar-refractivity contribution < 1.29 is 14.7 Å². The molecule has 3 rings (SSSR count). The van der Waals surface area contributed by atoms with E-state index in [-0.39, 0.29) is 30.0 Å². The molecule has 5 heteroatoms. The van der Waals surface area contributed by atoms with Gasteiger partial charge in [-0.1, -0.05) is 42.5 Å². The van der Waals surface area contributed by atoms with E-state index < -0.39 is 5.92 Å². The van der Waals surface area contributed by atoms with Gasteiger partial charge in [0, 0.05) is 13.5 Å². The molecule has 2 aromatic carbocycles. The number of carbonyl (C=O) groups is 2. The molecule has 1 aliphatic heterocycles. The standard InChI is InChI=1S/C18H18N2O3/c1-20-16(22)11-13(17(20)12-7-3-2-4-8-12)18(23)19-14-9-5-6-10-15(14)21/h2-10,13,17,21H,11H2,1H3,(H,19,23)/t13-,17-/m0/s1. The van der Waals surface area contributed by atoms with E-state index in [0.717, 1.165) is 5.56 Å². The highest BCUT2D eigenvalue weighted by molar-refractivity contribution is 5.98. The van der Waals surface area contributed by atoms with Crippen molar-refractivity contribution in [1.29, 1.82) is 0 Å². The van der Waals surface area contributed by atoms with Gasteiger partial charge in [-0.2, -0.15) is 0 Å². The highest BCUT2D eigenvalue weighted by Crippen LogP contribution is 2.38. The third kappa shape index (κ3) is 2.90. The average molecular weight is 310 g/mol. The summed E-state index contributed by atoms with van der Waals surface area (Å²) in [6.45, 7) is 0. The predicted octanol–water partition coefficient (Wildman–Crippen LogP) is 2.55. The van der Waals surface area contributed by atoms with Crippen molar-refractivity contribution in [3.8, 4) is 5.75 Å². The highest BCUT2D eigenvalue weighted by atomic mass is 16.3. The smallest absolute Gasteiger partial charge is 0.230 e. The molecule has 2 N–H and O–H groups in total. The maximum Gasteiger partial charge on any atom is 0.230 e. The van der Waals surface area contributed by atoms with Crippen molar-refractivity contribution in [1.82, 2.24) is 4.90 Å². The van der Waals surface area contributed by atoms with Gasteiger partial charge in [0.05, 0.1) is 17.6 Å². The first-order valence-corrected chi connectivity index (χ1v) is 7.47. The fraction of sp³-hybridized carbons (Fsp3) is 0.222. The van der Waals surface area contributed by atoms with E-state index in [9.17, 15) is 14.7 Å². The molecule has 1 saturated heterocycles. The summed E-state index contributed by atoms with van der Waals surface area (Å²) in [6.07, 6.45) is 0.162. The van der Waals surface area contributed by atoms with Crippen LogP contribution in [0.3, 0.4) is 0 Å². The molecule has 0 spiro atoms. The first-order chi connectivity index (χ1) is 11.1. The summed E-state index contributed by atoms with van der Waals surface area (Å²) in [4.78, 5) is 26.3. The third-order valence-electron chi connectivity index (χ3n) is 4.23. The van der Waals surface area contributed by atoms with Crippen molar-refractivity contribution in [3.05, 3.63) is 60.2 Å². The van der Waals surface area contributed by atoms with Crippen LogP contribution in [0.2, 0.25) is 0 Å². The molecule has 0 bridgehead atoms. The molecule has 2 atom stereocenters. The third-order valence-corrected chi connectivity index (χ3v) is 4.23. The van der Waals surface area contributed by atoms with Gasteiger partial charge in [-0.3, -0.25) is 9.59 Å². The molecule has 0 aliphatic carbocycles. The van der Waals surface area contributed by atoms with Crippen LogP contribution in [0.1, 0.15) is 18.0 Å². The quantitative estimate of drug-likeness (QED) is 0.856. The Morgan fingerprint density at radius 1 is 1.13 bits per heavy atom. The number of para-hydroxylation sites is 2. The summed E-state index contributed by atoms with van der Waals surface area (Å²) >= 11 is 0. The van der Waals surface area contributed by atoms with Gasteiger partial charge in [-0.25, -0.2) is 0 Å². The normalized spacial score (nSPS) is 20.6. The number of rotatable bonds is 3. The zero-order valence-electron chi connectivity index (χ0n) is 12.8. The van der Waals surface area contributed by atoms with Crippen molar-refractivity contribution in [2.24, 2.45) is 5.92 Å². The molecular formula is C18H18N2O3. The van der Waals surface area contributed by atoms with Crippen LogP contribution in [0.5, 0.6) is 5.75 Å². The number of amides is 2. The summed E-state index contributed by atoms with van der Waals surface area (Å²) in [7, 11) is 1.72. The maximum absolute atomic E-state index is 12.6. The van der Waals surface area contributed by atoms with Crippen molar-refractivity contribution >= 4 is 17.5 Å². The first-order valence-electron chi connectivity index (χ1n) is 7.47. The Kier molecular flexibility index (Phi) is 4.02. The topological polar surface area (TPSA) is 69.6 Å². The van der Waals surface area contributed by atoms with E-state index in [1.165, 1.54) is 6.07 Å². The lowest BCUT2D eigenvalue weighted by atomic mass is 9.93. The number of phenols is 1. The van der Waals surface area contributed by atoms with Crippen LogP contribution in [0.4, 0.5) is 5.69 Å². The Balaban J connectivity index is 1.86. The number of benzene rings is 2. The van der Waals surface area contributed by atoms with Crippen LogP contribution in [0.15, 0.2) is 54.6 Å². The van der Waals surface area contributed by atoms with Crippen LogP contribution in [-0.4, -0.2) is 28.9 Å².